The van der Waals surface area contributed by atoms with Gasteiger partial charge in [0, 0.05) is 10.6 Å². The number of aromatic nitrogens is 1. The van der Waals surface area contributed by atoms with Gasteiger partial charge in [0.05, 0.1) is 43.2 Å². The lowest BCUT2D eigenvalue weighted by Crippen LogP contribution is -2.40. The van der Waals surface area contributed by atoms with Crippen molar-refractivity contribution < 1.29 is 28.5 Å². The molecule has 0 spiro atoms. The van der Waals surface area contributed by atoms with Crippen molar-refractivity contribution in [1.82, 2.24) is 4.57 Å². The molecule has 0 radical (unpaired) electrons. The Hall–Kier alpha value is -4.54. The predicted molar refractivity (Wildman–Crippen MR) is 173 cm³/mol. The van der Waals surface area contributed by atoms with Crippen molar-refractivity contribution in [3.8, 4) is 23.0 Å². The first-order valence-corrected chi connectivity index (χ1v) is 15.5. The molecule has 1 aliphatic rings. The molecule has 3 aromatic carbocycles. The molecule has 1 aromatic heterocycles. The second kappa shape index (κ2) is 14.0. The van der Waals surface area contributed by atoms with Gasteiger partial charge in [0.2, 0.25) is 0 Å². The van der Waals surface area contributed by atoms with Crippen LogP contribution in [0.5, 0.6) is 23.0 Å². The van der Waals surface area contributed by atoms with Crippen molar-refractivity contribution in [3.63, 3.8) is 0 Å². The van der Waals surface area contributed by atoms with Gasteiger partial charge in [-0.2, -0.15) is 0 Å². The van der Waals surface area contributed by atoms with Crippen molar-refractivity contribution in [1.29, 1.82) is 0 Å². The Morgan fingerprint density at radius 2 is 1.71 bits per heavy atom. The van der Waals surface area contributed by atoms with Gasteiger partial charge in [0.15, 0.2) is 16.3 Å². The van der Waals surface area contributed by atoms with E-state index in [1.807, 2.05) is 49.4 Å². The van der Waals surface area contributed by atoms with Crippen molar-refractivity contribution in [2.45, 2.75) is 33.4 Å². The summed E-state index contributed by atoms with van der Waals surface area (Å²) in [6.07, 6.45) is 1.78. The molecule has 234 valence electrons. The van der Waals surface area contributed by atoms with Crippen LogP contribution in [0, 0.1) is 0 Å². The largest absolute Gasteiger partial charge is 0.497 e. The Bertz CT molecular complexity index is 1930. The number of carbonyl (C=O) groups is 1. The quantitative estimate of drug-likeness (QED) is 0.200. The van der Waals surface area contributed by atoms with Crippen molar-refractivity contribution >= 4 is 35.0 Å². The molecule has 0 fully saturated rings. The van der Waals surface area contributed by atoms with Crippen LogP contribution < -0.4 is 33.8 Å². The number of halogens is 1. The zero-order chi connectivity index (χ0) is 32.1. The number of allylic oxidation sites excluding steroid dienone is 1. The zero-order valence-electron chi connectivity index (χ0n) is 25.6. The number of methoxy groups -OCH3 is 2. The SMILES string of the molecule is CCOC(=O)C1=C(C)N=c2s/c(=C\c3ccc(OCc4ccc(Cl)cc4)c(OCC)c3)c(=O)n2[C@H]1c1cc(OC)ccc1OC. The van der Waals surface area contributed by atoms with Gasteiger partial charge in [0.1, 0.15) is 24.1 Å². The first-order valence-electron chi connectivity index (χ1n) is 14.3. The Morgan fingerprint density at radius 3 is 2.40 bits per heavy atom. The highest BCUT2D eigenvalue weighted by atomic mass is 35.5. The van der Waals surface area contributed by atoms with Gasteiger partial charge < -0.3 is 23.7 Å². The normalized spacial score (nSPS) is 14.4. The average Bonchev–Trinajstić information content (AvgIpc) is 3.34. The van der Waals surface area contributed by atoms with Crippen molar-refractivity contribution in [3.05, 3.63) is 113 Å². The third-order valence-electron chi connectivity index (χ3n) is 7.12. The fourth-order valence-corrected chi connectivity index (χ4v) is 6.21. The molecule has 45 heavy (non-hydrogen) atoms. The number of hydrogen-bond acceptors (Lipinski definition) is 9. The molecule has 0 N–H and O–H groups in total. The molecule has 11 heteroatoms. The molecular weight excluding hydrogens is 616 g/mol. The minimum Gasteiger partial charge on any atom is -0.497 e. The third kappa shape index (κ3) is 6.77. The molecule has 0 bridgehead atoms. The number of esters is 1. The number of fused-ring (bicyclic) bond motifs is 1. The molecule has 4 aromatic rings. The molecule has 0 saturated carbocycles. The molecular formula is C34H33ClN2O7S. The van der Waals surface area contributed by atoms with Crippen LogP contribution in [-0.4, -0.2) is 38.0 Å². The van der Waals surface area contributed by atoms with E-state index in [-0.39, 0.29) is 17.7 Å². The molecule has 0 amide bonds. The second-order valence-corrected chi connectivity index (χ2v) is 11.4. The summed E-state index contributed by atoms with van der Waals surface area (Å²) in [6, 6.07) is 17.3. The topological polar surface area (TPSA) is 97.6 Å². The fourth-order valence-electron chi connectivity index (χ4n) is 5.03. The molecule has 2 heterocycles. The zero-order valence-corrected chi connectivity index (χ0v) is 27.2. The molecule has 1 atom stereocenters. The summed E-state index contributed by atoms with van der Waals surface area (Å²) in [4.78, 5) is 32.5. The van der Waals surface area contributed by atoms with E-state index in [1.54, 1.807) is 45.2 Å². The first-order chi connectivity index (χ1) is 21.8. The molecule has 0 aliphatic carbocycles. The lowest BCUT2D eigenvalue weighted by atomic mass is 9.94. The number of benzene rings is 3. The Kier molecular flexibility index (Phi) is 9.95. The van der Waals surface area contributed by atoms with Crippen LogP contribution in [0.25, 0.3) is 6.08 Å². The highest BCUT2D eigenvalue weighted by Gasteiger charge is 2.35. The molecule has 0 saturated heterocycles. The van der Waals surface area contributed by atoms with Gasteiger partial charge in [-0.1, -0.05) is 41.1 Å². The number of ether oxygens (including phenoxy) is 5. The Morgan fingerprint density at radius 1 is 0.956 bits per heavy atom. The maximum atomic E-state index is 14.1. The van der Waals surface area contributed by atoms with Crippen molar-refractivity contribution in [2.75, 3.05) is 27.4 Å². The van der Waals surface area contributed by atoms with E-state index in [4.69, 9.17) is 35.3 Å². The van der Waals surface area contributed by atoms with E-state index in [0.717, 1.165) is 11.1 Å². The van der Waals surface area contributed by atoms with Gasteiger partial charge in [-0.05, 0) is 80.4 Å². The van der Waals surface area contributed by atoms with Crippen LogP contribution in [0.1, 0.15) is 43.5 Å². The van der Waals surface area contributed by atoms with Crippen LogP contribution in [0.2, 0.25) is 5.02 Å². The summed E-state index contributed by atoms with van der Waals surface area (Å²) in [6.45, 7) is 6.30. The first kappa shape index (κ1) is 31.9. The van der Waals surface area contributed by atoms with Gasteiger partial charge >= 0.3 is 5.97 Å². The van der Waals surface area contributed by atoms with Gasteiger partial charge in [-0.15, -0.1) is 0 Å². The van der Waals surface area contributed by atoms with Gasteiger partial charge in [-0.3, -0.25) is 9.36 Å². The maximum Gasteiger partial charge on any atom is 0.338 e. The average molecular weight is 649 g/mol. The molecule has 9 nitrogen and oxygen atoms in total. The summed E-state index contributed by atoms with van der Waals surface area (Å²) in [5, 5.41) is 0.657. The highest BCUT2D eigenvalue weighted by molar-refractivity contribution is 7.07. The number of hydrogen-bond donors (Lipinski definition) is 0. The van der Waals surface area contributed by atoms with E-state index in [9.17, 15) is 9.59 Å². The van der Waals surface area contributed by atoms with E-state index in [1.165, 1.54) is 23.0 Å². The Balaban J connectivity index is 1.59. The molecule has 5 rings (SSSR count). The predicted octanol–water partition coefficient (Wildman–Crippen LogP) is 5.45. The van der Waals surface area contributed by atoms with Crippen molar-refractivity contribution in [2.24, 2.45) is 4.99 Å². The molecule has 1 aliphatic heterocycles. The van der Waals surface area contributed by atoms with Gasteiger partial charge in [-0.25, -0.2) is 9.79 Å². The maximum absolute atomic E-state index is 14.1. The summed E-state index contributed by atoms with van der Waals surface area (Å²) in [5.74, 6) is 1.60. The second-order valence-electron chi connectivity index (χ2n) is 9.96. The number of nitrogens with zero attached hydrogens (tertiary/aromatic N) is 2. The van der Waals surface area contributed by atoms with Crippen LogP contribution >= 0.6 is 22.9 Å². The van der Waals surface area contributed by atoms with E-state index >= 15 is 0 Å². The highest BCUT2D eigenvalue weighted by Crippen LogP contribution is 2.38. The van der Waals surface area contributed by atoms with Crippen LogP contribution in [0.15, 0.2) is 81.7 Å². The lowest BCUT2D eigenvalue weighted by Gasteiger charge is -2.26. The minimum atomic E-state index is -0.852. The van der Waals surface area contributed by atoms with Gasteiger partial charge in [0.25, 0.3) is 5.56 Å². The molecule has 0 unspecified atom stereocenters. The summed E-state index contributed by atoms with van der Waals surface area (Å²) in [5.41, 5.74) is 2.66. The summed E-state index contributed by atoms with van der Waals surface area (Å²) in [7, 11) is 3.09. The monoisotopic (exact) mass is 648 g/mol. The third-order valence-corrected chi connectivity index (χ3v) is 8.36. The lowest BCUT2D eigenvalue weighted by molar-refractivity contribution is -0.139. The van der Waals surface area contributed by atoms with Crippen LogP contribution in [-0.2, 0) is 16.1 Å². The smallest absolute Gasteiger partial charge is 0.338 e. The van der Waals surface area contributed by atoms with E-state index < -0.39 is 12.0 Å². The van der Waals surface area contributed by atoms with Crippen LogP contribution in [0.3, 0.4) is 0 Å². The standard InChI is InChI=1S/C34H33ClN2O7S/c1-6-42-28-16-22(10-14-27(28)44-19-21-8-11-23(35)12-9-21)17-29-32(38)37-31(25-18-24(40-4)13-15-26(25)41-5)30(33(39)43-7-2)20(3)36-34(37)45-29/h8-18,31H,6-7,19H2,1-5H3/b29-17-/t31-/m0/s1. The summed E-state index contributed by atoms with van der Waals surface area (Å²) >= 11 is 7.23. The minimum absolute atomic E-state index is 0.170. The van der Waals surface area contributed by atoms with E-state index in [0.29, 0.717) is 61.8 Å². The van der Waals surface area contributed by atoms with E-state index in [2.05, 4.69) is 4.99 Å². The number of carbonyl (C=O) groups excluding carboxylic acids is 1. The number of thiazole rings is 1. The Labute approximate surface area is 269 Å². The number of rotatable bonds is 11. The summed E-state index contributed by atoms with van der Waals surface area (Å²) < 4.78 is 30.4. The van der Waals surface area contributed by atoms with Crippen LogP contribution in [0.4, 0.5) is 0 Å². The fraction of sp³-hybridized carbons (Fsp3) is 0.265.